The Balaban J connectivity index is 3.28. The molecule has 108 valence electrons. The quantitative estimate of drug-likeness (QED) is 0.602. The van der Waals surface area contributed by atoms with Crippen LogP contribution in [-0.2, 0) is 0 Å². The summed E-state index contributed by atoms with van der Waals surface area (Å²) in [4.78, 5) is 3.89. The first kappa shape index (κ1) is 15.7. The maximum Gasteiger partial charge on any atom is 0.253 e. The van der Waals surface area contributed by atoms with E-state index in [2.05, 4.69) is 4.98 Å². The van der Waals surface area contributed by atoms with Crippen molar-refractivity contribution in [2.45, 2.75) is 27.7 Å². The van der Waals surface area contributed by atoms with Crippen LogP contribution in [0.4, 0.5) is 23.2 Å². The van der Waals surface area contributed by atoms with Gasteiger partial charge < -0.3 is 4.90 Å². The fraction of sp³-hybridized carbons (Fsp3) is 0.615. The molecule has 1 heterocycles. The zero-order valence-corrected chi connectivity index (χ0v) is 11.5. The number of rotatable bonds is 5. The maximum atomic E-state index is 13.7. The molecular formula is C13H18F4N2. The highest BCUT2D eigenvalue weighted by molar-refractivity contribution is 5.48. The van der Waals surface area contributed by atoms with Crippen LogP contribution in [0.15, 0.2) is 0 Å². The number of halogens is 4. The molecule has 0 fully saturated rings. The highest BCUT2D eigenvalue weighted by Crippen LogP contribution is 2.27. The molecule has 0 saturated carbocycles. The number of anilines is 1. The van der Waals surface area contributed by atoms with Crippen LogP contribution in [0.1, 0.15) is 27.7 Å². The second-order valence-electron chi connectivity index (χ2n) is 5.36. The van der Waals surface area contributed by atoms with Crippen molar-refractivity contribution in [1.82, 2.24) is 4.98 Å². The molecule has 1 aromatic rings. The normalized spacial score (nSPS) is 11.5. The SMILES string of the molecule is CC(C)CN(CC(C)C)c1c(F)c(F)nc(F)c1F. The van der Waals surface area contributed by atoms with Gasteiger partial charge in [-0.2, -0.15) is 22.5 Å². The monoisotopic (exact) mass is 278 g/mol. The molecule has 0 aliphatic rings. The van der Waals surface area contributed by atoms with Crippen molar-refractivity contribution < 1.29 is 17.6 Å². The molecule has 0 radical (unpaired) electrons. The maximum absolute atomic E-state index is 13.7. The number of aromatic nitrogens is 1. The Morgan fingerprint density at radius 3 is 1.53 bits per heavy atom. The highest BCUT2D eigenvalue weighted by atomic mass is 19.2. The van der Waals surface area contributed by atoms with Crippen molar-refractivity contribution in [3.05, 3.63) is 23.5 Å². The Labute approximate surface area is 110 Å². The average molecular weight is 278 g/mol. The van der Waals surface area contributed by atoms with E-state index in [0.717, 1.165) is 0 Å². The van der Waals surface area contributed by atoms with E-state index >= 15 is 0 Å². The van der Waals surface area contributed by atoms with Gasteiger partial charge in [-0.25, -0.2) is 0 Å². The number of pyridine rings is 1. The second-order valence-corrected chi connectivity index (χ2v) is 5.36. The predicted molar refractivity (Wildman–Crippen MR) is 66.0 cm³/mol. The fourth-order valence-electron chi connectivity index (χ4n) is 1.89. The lowest BCUT2D eigenvalue weighted by molar-refractivity contribution is 0.401. The predicted octanol–water partition coefficient (Wildman–Crippen LogP) is 3.76. The van der Waals surface area contributed by atoms with E-state index < -0.39 is 29.2 Å². The minimum Gasteiger partial charge on any atom is -0.366 e. The van der Waals surface area contributed by atoms with Crippen LogP contribution < -0.4 is 4.90 Å². The van der Waals surface area contributed by atoms with Gasteiger partial charge in [-0.05, 0) is 11.8 Å². The van der Waals surface area contributed by atoms with Gasteiger partial charge in [0, 0.05) is 13.1 Å². The average Bonchev–Trinajstić information content (AvgIpc) is 2.25. The van der Waals surface area contributed by atoms with E-state index in [1.807, 2.05) is 27.7 Å². The third kappa shape index (κ3) is 3.81. The molecule has 19 heavy (non-hydrogen) atoms. The minimum absolute atomic E-state index is 0.0943. The van der Waals surface area contributed by atoms with Gasteiger partial charge >= 0.3 is 0 Å². The van der Waals surface area contributed by atoms with E-state index in [1.54, 1.807) is 0 Å². The molecule has 2 nitrogen and oxygen atoms in total. The van der Waals surface area contributed by atoms with Crippen molar-refractivity contribution >= 4 is 5.69 Å². The lowest BCUT2D eigenvalue weighted by Crippen LogP contribution is -2.33. The standard InChI is InChI=1S/C13H18F4N2/c1-7(2)5-19(6-8(3)4)11-9(14)12(16)18-13(17)10(11)15/h7-8H,5-6H2,1-4H3. The Hall–Kier alpha value is -1.33. The zero-order chi connectivity index (χ0) is 14.7. The first-order valence-corrected chi connectivity index (χ1v) is 6.19. The molecule has 0 aliphatic heterocycles. The van der Waals surface area contributed by atoms with Crippen LogP contribution in [0.5, 0.6) is 0 Å². The van der Waals surface area contributed by atoms with Crippen molar-refractivity contribution in [1.29, 1.82) is 0 Å². The lowest BCUT2D eigenvalue weighted by atomic mass is 10.1. The summed E-state index contributed by atoms with van der Waals surface area (Å²) in [5, 5.41) is 0. The van der Waals surface area contributed by atoms with Gasteiger partial charge in [0.1, 0.15) is 5.69 Å². The van der Waals surface area contributed by atoms with Crippen molar-refractivity contribution in [2.75, 3.05) is 18.0 Å². The van der Waals surface area contributed by atoms with Gasteiger partial charge in [-0.15, -0.1) is 0 Å². The Morgan fingerprint density at radius 2 is 1.21 bits per heavy atom. The summed E-state index contributed by atoms with van der Waals surface area (Å²) < 4.78 is 53.7. The summed E-state index contributed by atoms with van der Waals surface area (Å²) in [5.74, 6) is -5.94. The summed E-state index contributed by atoms with van der Waals surface area (Å²) in [6.45, 7) is 8.03. The van der Waals surface area contributed by atoms with E-state index in [9.17, 15) is 17.6 Å². The van der Waals surface area contributed by atoms with Gasteiger partial charge in [0.2, 0.25) is 11.6 Å². The molecule has 0 N–H and O–H groups in total. The Kier molecular flexibility index (Phi) is 5.14. The molecule has 0 unspecified atom stereocenters. The van der Waals surface area contributed by atoms with Gasteiger partial charge in [0.15, 0.2) is 0 Å². The Morgan fingerprint density at radius 1 is 0.842 bits per heavy atom. The van der Waals surface area contributed by atoms with Gasteiger partial charge in [-0.1, -0.05) is 27.7 Å². The van der Waals surface area contributed by atoms with Gasteiger partial charge in [0.05, 0.1) is 0 Å². The van der Waals surface area contributed by atoms with Gasteiger partial charge in [0.25, 0.3) is 11.9 Å². The third-order valence-corrected chi connectivity index (χ3v) is 2.46. The molecule has 6 heteroatoms. The molecule has 0 aromatic carbocycles. The molecule has 1 aromatic heterocycles. The minimum atomic E-state index is -1.62. The number of hydrogen-bond donors (Lipinski definition) is 0. The van der Waals surface area contributed by atoms with Gasteiger partial charge in [-0.3, -0.25) is 0 Å². The molecule has 0 aliphatic carbocycles. The molecule has 0 amide bonds. The topological polar surface area (TPSA) is 16.1 Å². The van der Waals surface area contributed by atoms with Crippen molar-refractivity contribution in [2.24, 2.45) is 11.8 Å². The summed E-state index contributed by atoms with van der Waals surface area (Å²) in [7, 11) is 0. The van der Waals surface area contributed by atoms with Crippen molar-refractivity contribution in [3.8, 4) is 0 Å². The zero-order valence-electron chi connectivity index (χ0n) is 11.5. The summed E-state index contributed by atoms with van der Waals surface area (Å²) in [6.07, 6.45) is 0. The number of hydrogen-bond acceptors (Lipinski definition) is 2. The van der Waals surface area contributed by atoms with E-state index in [0.29, 0.717) is 13.1 Å². The molecule has 1 rings (SSSR count). The summed E-state index contributed by atoms with van der Waals surface area (Å²) in [6, 6.07) is 0. The lowest BCUT2D eigenvalue weighted by Gasteiger charge is -2.29. The van der Waals surface area contributed by atoms with E-state index in [1.165, 1.54) is 4.90 Å². The van der Waals surface area contributed by atoms with Crippen molar-refractivity contribution in [3.63, 3.8) is 0 Å². The molecule has 0 atom stereocenters. The van der Waals surface area contributed by atoms with E-state index in [-0.39, 0.29) is 11.8 Å². The van der Waals surface area contributed by atoms with Crippen LogP contribution in [0.2, 0.25) is 0 Å². The second kappa shape index (κ2) is 6.21. The summed E-state index contributed by atoms with van der Waals surface area (Å²) >= 11 is 0. The highest BCUT2D eigenvalue weighted by Gasteiger charge is 2.26. The first-order valence-electron chi connectivity index (χ1n) is 6.19. The van der Waals surface area contributed by atoms with Crippen LogP contribution in [0.3, 0.4) is 0 Å². The number of nitrogens with zero attached hydrogens (tertiary/aromatic N) is 2. The first-order chi connectivity index (χ1) is 8.73. The van der Waals surface area contributed by atoms with Crippen LogP contribution >= 0.6 is 0 Å². The Bertz CT molecular complexity index is 411. The molecular weight excluding hydrogens is 260 g/mol. The van der Waals surface area contributed by atoms with Crippen LogP contribution in [0.25, 0.3) is 0 Å². The summed E-state index contributed by atoms with van der Waals surface area (Å²) in [5.41, 5.74) is -0.674. The molecule has 0 spiro atoms. The molecule has 0 bridgehead atoms. The smallest absolute Gasteiger partial charge is 0.253 e. The third-order valence-electron chi connectivity index (χ3n) is 2.46. The van der Waals surface area contributed by atoms with E-state index in [4.69, 9.17) is 0 Å². The van der Waals surface area contributed by atoms with Crippen LogP contribution in [-0.4, -0.2) is 18.1 Å². The largest absolute Gasteiger partial charge is 0.366 e. The van der Waals surface area contributed by atoms with Crippen LogP contribution in [0, 0.1) is 35.4 Å². The molecule has 0 saturated heterocycles. The fourth-order valence-corrected chi connectivity index (χ4v) is 1.89.